The molecule has 27 heavy (non-hydrogen) atoms. The van der Waals surface area contributed by atoms with Crippen LogP contribution in [-0.4, -0.2) is 27.5 Å². The number of nitro benzene ring substituents is 1. The Hall–Kier alpha value is -3.40. The number of primary amides is 1. The molecule has 0 atom stereocenters. The van der Waals surface area contributed by atoms with Crippen molar-refractivity contribution in [2.45, 2.75) is 11.8 Å². The number of aromatic nitrogens is 1. The van der Waals surface area contributed by atoms with Crippen molar-refractivity contribution >= 4 is 40.4 Å². The summed E-state index contributed by atoms with van der Waals surface area (Å²) < 4.78 is 10.5. The van der Waals surface area contributed by atoms with E-state index in [2.05, 4.69) is 4.98 Å². The molecule has 0 aliphatic heterocycles. The number of nitrogens with zero attached hydrogens (tertiary/aromatic N) is 2. The van der Waals surface area contributed by atoms with Gasteiger partial charge in [-0.1, -0.05) is 23.9 Å². The molecule has 10 heteroatoms. The van der Waals surface area contributed by atoms with Gasteiger partial charge >= 0.3 is 5.97 Å². The van der Waals surface area contributed by atoms with Crippen molar-refractivity contribution in [3.8, 4) is 0 Å². The molecule has 0 spiro atoms. The van der Waals surface area contributed by atoms with Crippen LogP contribution in [0.25, 0.3) is 11.1 Å². The number of rotatable bonds is 7. The molecule has 0 radical (unpaired) electrons. The summed E-state index contributed by atoms with van der Waals surface area (Å²) in [6.45, 7) is -0.303. The molecule has 0 saturated carbocycles. The van der Waals surface area contributed by atoms with Gasteiger partial charge in [0.2, 0.25) is 5.91 Å². The summed E-state index contributed by atoms with van der Waals surface area (Å²) in [6, 6.07) is 10.9. The Kier molecular flexibility index (Phi) is 5.36. The third-order valence-corrected chi connectivity index (χ3v) is 4.34. The Balaban J connectivity index is 1.60. The minimum Gasteiger partial charge on any atom is -0.460 e. The molecule has 138 valence electrons. The summed E-state index contributed by atoms with van der Waals surface area (Å²) in [4.78, 5) is 37.7. The monoisotopic (exact) mass is 387 g/mol. The number of esters is 1. The fourth-order valence-corrected chi connectivity index (χ4v) is 2.88. The lowest BCUT2D eigenvalue weighted by molar-refractivity contribution is -0.385. The van der Waals surface area contributed by atoms with Gasteiger partial charge in [0.1, 0.15) is 17.9 Å². The quantitative estimate of drug-likeness (QED) is 0.282. The summed E-state index contributed by atoms with van der Waals surface area (Å²) in [7, 11) is 0. The van der Waals surface area contributed by atoms with Crippen LogP contribution < -0.4 is 5.73 Å². The number of carbonyl (C=O) groups is 2. The van der Waals surface area contributed by atoms with Crippen LogP contribution in [0.2, 0.25) is 0 Å². The number of oxazole rings is 1. The number of para-hydroxylation sites is 2. The van der Waals surface area contributed by atoms with Gasteiger partial charge in [-0.15, -0.1) is 0 Å². The molecule has 9 nitrogen and oxygen atoms in total. The molecular formula is C17H13N3O6S. The van der Waals surface area contributed by atoms with Crippen LogP contribution in [0.15, 0.2) is 52.1 Å². The van der Waals surface area contributed by atoms with E-state index in [1.807, 2.05) is 12.1 Å². The Morgan fingerprint density at radius 1 is 1.26 bits per heavy atom. The standard InChI is InChI=1S/C17H13N3O6S/c18-16(22)10-5-6-11(13(7-10)20(23)24)8-25-15(21)9-27-17-19-12-3-1-2-4-14(12)26-17/h1-7H,8-9H2,(H2,18,22). The van der Waals surface area contributed by atoms with Crippen LogP contribution in [0.3, 0.4) is 0 Å². The SMILES string of the molecule is NC(=O)c1ccc(COC(=O)CSc2nc3ccccc3o2)c([N+](=O)[O-])c1. The lowest BCUT2D eigenvalue weighted by Gasteiger charge is -2.06. The van der Waals surface area contributed by atoms with Gasteiger partial charge in [0.25, 0.3) is 10.9 Å². The van der Waals surface area contributed by atoms with E-state index >= 15 is 0 Å². The van der Waals surface area contributed by atoms with Gasteiger partial charge in [-0.25, -0.2) is 4.98 Å². The predicted octanol–water partition coefficient (Wildman–Crippen LogP) is 2.67. The molecule has 1 amide bonds. The second kappa shape index (κ2) is 7.87. The zero-order valence-electron chi connectivity index (χ0n) is 13.8. The van der Waals surface area contributed by atoms with Crippen molar-refractivity contribution in [1.29, 1.82) is 0 Å². The van der Waals surface area contributed by atoms with Crippen LogP contribution in [0.1, 0.15) is 15.9 Å². The predicted molar refractivity (Wildman–Crippen MR) is 96.1 cm³/mol. The first-order chi connectivity index (χ1) is 12.9. The van der Waals surface area contributed by atoms with E-state index in [9.17, 15) is 19.7 Å². The van der Waals surface area contributed by atoms with E-state index in [1.54, 1.807) is 12.1 Å². The average Bonchev–Trinajstić information content (AvgIpc) is 3.07. The average molecular weight is 387 g/mol. The molecule has 0 bridgehead atoms. The first-order valence-corrected chi connectivity index (χ1v) is 8.63. The first kappa shape index (κ1) is 18.4. The molecule has 1 aromatic heterocycles. The van der Waals surface area contributed by atoms with E-state index in [0.717, 1.165) is 17.8 Å². The highest BCUT2D eigenvalue weighted by Crippen LogP contribution is 2.24. The second-order valence-corrected chi connectivity index (χ2v) is 6.29. The first-order valence-electron chi connectivity index (χ1n) is 7.65. The van der Waals surface area contributed by atoms with Crippen LogP contribution in [-0.2, 0) is 16.1 Å². The number of carbonyl (C=O) groups excluding carboxylic acids is 2. The topological polar surface area (TPSA) is 139 Å². The maximum Gasteiger partial charge on any atom is 0.316 e. The third-order valence-electron chi connectivity index (χ3n) is 3.54. The maximum atomic E-state index is 11.9. The van der Waals surface area contributed by atoms with Gasteiger partial charge in [0.05, 0.1) is 10.5 Å². The van der Waals surface area contributed by atoms with Gasteiger partial charge in [-0.2, -0.15) is 0 Å². The van der Waals surface area contributed by atoms with Crippen molar-refractivity contribution < 1.29 is 23.7 Å². The lowest BCUT2D eigenvalue weighted by Crippen LogP contribution is -2.12. The number of nitrogens with two attached hydrogens (primary N) is 1. The second-order valence-electron chi connectivity index (χ2n) is 5.36. The van der Waals surface area contributed by atoms with Crippen molar-refractivity contribution in [2.24, 2.45) is 5.73 Å². The Bertz CT molecular complexity index is 999. The number of benzene rings is 2. The van der Waals surface area contributed by atoms with E-state index in [-0.39, 0.29) is 29.2 Å². The summed E-state index contributed by atoms with van der Waals surface area (Å²) in [5.41, 5.74) is 6.22. The molecule has 3 rings (SSSR count). The highest BCUT2D eigenvalue weighted by molar-refractivity contribution is 7.99. The van der Waals surface area contributed by atoms with Crippen LogP contribution >= 0.6 is 11.8 Å². The number of amides is 1. The normalized spacial score (nSPS) is 10.7. The summed E-state index contributed by atoms with van der Waals surface area (Å²) in [5.74, 6) is -1.44. The van der Waals surface area contributed by atoms with E-state index in [0.29, 0.717) is 16.3 Å². The number of hydrogen-bond donors (Lipinski definition) is 1. The molecule has 2 aromatic carbocycles. The van der Waals surface area contributed by atoms with Gasteiger partial charge in [-0.05, 0) is 24.3 Å². The summed E-state index contributed by atoms with van der Waals surface area (Å²) >= 11 is 1.06. The van der Waals surface area contributed by atoms with Crippen molar-refractivity contribution in [3.05, 3.63) is 63.7 Å². The van der Waals surface area contributed by atoms with Crippen LogP contribution in [0.4, 0.5) is 5.69 Å². The van der Waals surface area contributed by atoms with Gasteiger partial charge in [0, 0.05) is 11.6 Å². The number of nitro groups is 1. The molecular weight excluding hydrogens is 374 g/mol. The zero-order valence-corrected chi connectivity index (χ0v) is 14.6. The zero-order chi connectivity index (χ0) is 19.4. The minimum absolute atomic E-state index is 0.00305. The number of fused-ring (bicyclic) bond motifs is 1. The molecule has 0 unspecified atom stereocenters. The third kappa shape index (κ3) is 4.42. The van der Waals surface area contributed by atoms with Gasteiger partial charge in [-0.3, -0.25) is 19.7 Å². The summed E-state index contributed by atoms with van der Waals surface area (Å²) in [5, 5.41) is 11.4. The molecule has 1 heterocycles. The highest BCUT2D eigenvalue weighted by atomic mass is 32.2. The Morgan fingerprint density at radius 2 is 2.04 bits per heavy atom. The fourth-order valence-electron chi connectivity index (χ4n) is 2.24. The van der Waals surface area contributed by atoms with Gasteiger partial charge < -0.3 is 14.9 Å². The lowest BCUT2D eigenvalue weighted by atomic mass is 10.1. The van der Waals surface area contributed by atoms with Crippen LogP contribution in [0, 0.1) is 10.1 Å². The van der Waals surface area contributed by atoms with E-state index in [1.165, 1.54) is 12.1 Å². The largest absolute Gasteiger partial charge is 0.460 e. The van der Waals surface area contributed by atoms with Crippen LogP contribution in [0.5, 0.6) is 0 Å². The maximum absolute atomic E-state index is 11.9. The van der Waals surface area contributed by atoms with Gasteiger partial charge in [0.15, 0.2) is 5.58 Å². The number of hydrogen-bond acceptors (Lipinski definition) is 8. The molecule has 3 aromatic rings. The Morgan fingerprint density at radius 3 is 2.74 bits per heavy atom. The molecule has 0 fully saturated rings. The molecule has 0 aliphatic rings. The molecule has 0 saturated heterocycles. The Labute approximate surface area is 156 Å². The van der Waals surface area contributed by atoms with Crippen molar-refractivity contribution in [2.75, 3.05) is 5.75 Å². The van der Waals surface area contributed by atoms with Crippen molar-refractivity contribution in [1.82, 2.24) is 4.98 Å². The smallest absolute Gasteiger partial charge is 0.316 e. The van der Waals surface area contributed by atoms with Crippen molar-refractivity contribution in [3.63, 3.8) is 0 Å². The number of ether oxygens (including phenoxy) is 1. The minimum atomic E-state index is -0.781. The number of thioether (sulfide) groups is 1. The molecule has 2 N–H and O–H groups in total. The fraction of sp³-hybridized carbons (Fsp3) is 0.118. The van der Waals surface area contributed by atoms with E-state index < -0.39 is 16.8 Å². The molecule has 0 aliphatic carbocycles. The van der Waals surface area contributed by atoms with E-state index in [4.69, 9.17) is 14.9 Å². The highest BCUT2D eigenvalue weighted by Gasteiger charge is 2.18. The summed E-state index contributed by atoms with van der Waals surface area (Å²) in [6.07, 6.45) is 0.